The summed E-state index contributed by atoms with van der Waals surface area (Å²) in [7, 11) is 3.42. The number of aromatic hydroxyl groups is 1. The number of nitrogens with one attached hydrogen (secondary N) is 1. The Morgan fingerprint density at radius 3 is 2.83 bits per heavy atom. The molecule has 0 fully saturated rings. The van der Waals surface area contributed by atoms with E-state index in [9.17, 15) is 5.11 Å². The van der Waals surface area contributed by atoms with Crippen molar-refractivity contribution >= 4 is 5.82 Å². The monoisotopic (exact) mass is 247 g/mol. The second-order valence-corrected chi connectivity index (χ2v) is 4.18. The van der Waals surface area contributed by atoms with Crippen molar-refractivity contribution in [1.82, 2.24) is 9.78 Å². The molecule has 0 aliphatic carbocycles. The van der Waals surface area contributed by atoms with Crippen molar-refractivity contribution in [3.63, 3.8) is 0 Å². The lowest BCUT2D eigenvalue weighted by atomic mass is 10.1. The summed E-state index contributed by atoms with van der Waals surface area (Å²) in [6.45, 7) is 2.51. The van der Waals surface area contributed by atoms with Crippen molar-refractivity contribution in [2.24, 2.45) is 7.05 Å². The smallest absolute Gasteiger partial charge is 0.213 e. The van der Waals surface area contributed by atoms with Crippen LogP contribution in [0.25, 0.3) is 0 Å². The predicted molar refractivity (Wildman–Crippen MR) is 69.9 cm³/mol. The predicted octanol–water partition coefficient (Wildman–Crippen LogP) is 2.05. The zero-order valence-corrected chi connectivity index (χ0v) is 10.8. The number of nitrogens with zero attached hydrogens (tertiary/aromatic N) is 2. The highest BCUT2D eigenvalue weighted by molar-refractivity contribution is 5.42. The first kappa shape index (κ1) is 12.3. The number of rotatable bonds is 4. The van der Waals surface area contributed by atoms with Gasteiger partial charge in [-0.2, -0.15) is 5.10 Å². The molecule has 2 rings (SSSR count). The van der Waals surface area contributed by atoms with Crippen LogP contribution in [0.1, 0.15) is 11.1 Å². The number of methoxy groups -OCH3 is 1. The van der Waals surface area contributed by atoms with E-state index >= 15 is 0 Å². The Hall–Kier alpha value is -2.17. The molecule has 18 heavy (non-hydrogen) atoms. The summed E-state index contributed by atoms with van der Waals surface area (Å²) in [5, 5.41) is 17.1. The maximum Gasteiger partial charge on any atom is 0.213 e. The van der Waals surface area contributed by atoms with Gasteiger partial charge in [-0.3, -0.25) is 0 Å². The van der Waals surface area contributed by atoms with Gasteiger partial charge >= 0.3 is 0 Å². The zero-order valence-electron chi connectivity index (χ0n) is 10.8. The van der Waals surface area contributed by atoms with E-state index in [4.69, 9.17) is 4.74 Å². The van der Waals surface area contributed by atoms with E-state index in [1.54, 1.807) is 17.9 Å². The fourth-order valence-electron chi connectivity index (χ4n) is 1.77. The first-order valence-corrected chi connectivity index (χ1v) is 5.70. The molecule has 0 amide bonds. The van der Waals surface area contributed by atoms with Crippen molar-refractivity contribution in [3.8, 4) is 11.6 Å². The van der Waals surface area contributed by atoms with Gasteiger partial charge in [0, 0.05) is 25.2 Å². The Morgan fingerprint density at radius 1 is 1.39 bits per heavy atom. The van der Waals surface area contributed by atoms with Gasteiger partial charge in [-0.1, -0.05) is 17.7 Å². The molecule has 1 heterocycles. The SMILES string of the molecule is COc1cc(NCc2cc(C)ccc2O)nn1C. The molecule has 0 bridgehead atoms. The highest BCUT2D eigenvalue weighted by Gasteiger charge is 2.06. The van der Waals surface area contributed by atoms with Gasteiger partial charge in [-0.05, 0) is 13.0 Å². The Morgan fingerprint density at radius 2 is 2.17 bits per heavy atom. The molecule has 5 nitrogen and oxygen atoms in total. The third kappa shape index (κ3) is 2.56. The molecule has 0 aliphatic rings. The molecular weight excluding hydrogens is 230 g/mol. The summed E-state index contributed by atoms with van der Waals surface area (Å²) in [6, 6.07) is 7.34. The van der Waals surface area contributed by atoms with Crippen molar-refractivity contribution in [3.05, 3.63) is 35.4 Å². The molecule has 1 aromatic carbocycles. The number of hydrogen-bond acceptors (Lipinski definition) is 4. The van der Waals surface area contributed by atoms with Gasteiger partial charge in [0.1, 0.15) is 5.75 Å². The number of anilines is 1. The molecule has 0 saturated carbocycles. The van der Waals surface area contributed by atoms with Gasteiger partial charge in [-0.25, -0.2) is 4.68 Å². The molecule has 0 radical (unpaired) electrons. The van der Waals surface area contributed by atoms with Crippen molar-refractivity contribution in [2.45, 2.75) is 13.5 Å². The van der Waals surface area contributed by atoms with Crippen molar-refractivity contribution in [1.29, 1.82) is 0 Å². The first-order chi connectivity index (χ1) is 8.60. The quantitative estimate of drug-likeness (QED) is 0.868. The van der Waals surface area contributed by atoms with Gasteiger partial charge in [0.05, 0.1) is 7.11 Å². The lowest BCUT2D eigenvalue weighted by molar-refractivity contribution is 0.373. The van der Waals surface area contributed by atoms with E-state index in [1.165, 1.54) is 0 Å². The molecule has 0 unspecified atom stereocenters. The summed E-state index contributed by atoms with van der Waals surface area (Å²) >= 11 is 0. The largest absolute Gasteiger partial charge is 0.508 e. The molecule has 2 aromatic rings. The summed E-state index contributed by atoms with van der Waals surface area (Å²) < 4.78 is 6.78. The summed E-state index contributed by atoms with van der Waals surface area (Å²) in [4.78, 5) is 0. The number of ether oxygens (including phenoxy) is 1. The topological polar surface area (TPSA) is 59.3 Å². The van der Waals surface area contributed by atoms with Crippen molar-refractivity contribution in [2.75, 3.05) is 12.4 Å². The molecular formula is C13H17N3O2. The molecule has 2 N–H and O–H groups in total. The summed E-state index contributed by atoms with van der Waals surface area (Å²) in [6.07, 6.45) is 0. The first-order valence-electron chi connectivity index (χ1n) is 5.70. The van der Waals surface area contributed by atoms with Crippen LogP contribution in [0, 0.1) is 6.92 Å². The van der Waals surface area contributed by atoms with Crippen LogP contribution in [0.5, 0.6) is 11.6 Å². The third-order valence-electron chi connectivity index (χ3n) is 2.74. The average molecular weight is 247 g/mol. The van der Waals surface area contributed by atoms with Crippen LogP contribution in [0.3, 0.4) is 0 Å². The molecule has 0 aliphatic heterocycles. The Balaban J connectivity index is 2.08. The number of hydrogen-bond donors (Lipinski definition) is 2. The Kier molecular flexibility index (Phi) is 3.41. The molecule has 0 atom stereocenters. The van der Waals surface area contributed by atoms with Gasteiger partial charge in [-0.15, -0.1) is 0 Å². The molecule has 96 valence electrons. The van der Waals surface area contributed by atoms with Crippen LogP contribution >= 0.6 is 0 Å². The van der Waals surface area contributed by atoms with E-state index in [0.717, 1.165) is 16.9 Å². The minimum Gasteiger partial charge on any atom is -0.508 e. The van der Waals surface area contributed by atoms with Crippen LogP contribution in [-0.4, -0.2) is 22.0 Å². The number of benzene rings is 1. The number of aromatic nitrogens is 2. The lowest BCUT2D eigenvalue weighted by Gasteiger charge is -2.06. The minimum atomic E-state index is 0.288. The van der Waals surface area contributed by atoms with Gasteiger partial charge in [0.15, 0.2) is 5.82 Å². The van der Waals surface area contributed by atoms with Crippen LogP contribution in [-0.2, 0) is 13.6 Å². The molecule has 1 aromatic heterocycles. The fraction of sp³-hybridized carbons (Fsp3) is 0.308. The number of aryl methyl sites for hydroxylation is 2. The van der Waals surface area contributed by atoms with Gasteiger partial charge < -0.3 is 15.2 Å². The van der Waals surface area contributed by atoms with E-state index < -0.39 is 0 Å². The van der Waals surface area contributed by atoms with Crippen LogP contribution < -0.4 is 10.1 Å². The highest BCUT2D eigenvalue weighted by Crippen LogP contribution is 2.21. The average Bonchev–Trinajstić information content (AvgIpc) is 2.71. The van der Waals surface area contributed by atoms with Crippen LogP contribution in [0.15, 0.2) is 24.3 Å². The standard InChI is InChI=1S/C13H17N3O2/c1-9-4-5-11(17)10(6-9)8-14-12-7-13(18-3)16(2)15-12/h4-7,17H,8H2,1-3H3,(H,14,15). The van der Waals surface area contributed by atoms with E-state index in [2.05, 4.69) is 10.4 Å². The van der Waals surface area contributed by atoms with Crippen LogP contribution in [0.2, 0.25) is 0 Å². The third-order valence-corrected chi connectivity index (χ3v) is 2.74. The van der Waals surface area contributed by atoms with Gasteiger partial charge in [0.25, 0.3) is 0 Å². The van der Waals surface area contributed by atoms with E-state index in [0.29, 0.717) is 12.4 Å². The molecule has 0 saturated heterocycles. The second-order valence-electron chi connectivity index (χ2n) is 4.18. The highest BCUT2D eigenvalue weighted by atomic mass is 16.5. The molecule has 0 spiro atoms. The summed E-state index contributed by atoms with van der Waals surface area (Å²) in [5.41, 5.74) is 1.96. The van der Waals surface area contributed by atoms with Gasteiger partial charge in [0.2, 0.25) is 5.88 Å². The summed E-state index contributed by atoms with van der Waals surface area (Å²) in [5.74, 6) is 1.69. The lowest BCUT2D eigenvalue weighted by Crippen LogP contribution is -2.01. The Labute approximate surface area is 106 Å². The normalized spacial score (nSPS) is 10.4. The fourth-order valence-corrected chi connectivity index (χ4v) is 1.77. The molecule has 5 heteroatoms. The number of phenolic OH excluding ortho intramolecular Hbond substituents is 1. The zero-order chi connectivity index (χ0) is 13.1. The van der Waals surface area contributed by atoms with E-state index in [1.807, 2.05) is 32.2 Å². The second kappa shape index (κ2) is 5.00. The van der Waals surface area contributed by atoms with E-state index in [-0.39, 0.29) is 5.75 Å². The number of phenols is 1. The Bertz CT molecular complexity index is 549. The van der Waals surface area contributed by atoms with Crippen molar-refractivity contribution < 1.29 is 9.84 Å². The minimum absolute atomic E-state index is 0.288. The van der Waals surface area contributed by atoms with Crippen LogP contribution in [0.4, 0.5) is 5.82 Å². The maximum atomic E-state index is 9.73. The maximum absolute atomic E-state index is 9.73.